The van der Waals surface area contributed by atoms with E-state index < -0.39 is 0 Å². The molecule has 2 bridgehead atoms. The highest BCUT2D eigenvalue weighted by atomic mass is 79.9. The number of benzene rings is 1. The normalized spacial score (nSPS) is 32.7. The predicted molar refractivity (Wildman–Crippen MR) is 114 cm³/mol. The monoisotopic (exact) mass is 528 g/mol. The van der Waals surface area contributed by atoms with Gasteiger partial charge in [-0.15, -0.1) is 0 Å². The first-order chi connectivity index (χ1) is 13.9. The van der Waals surface area contributed by atoms with Crippen molar-refractivity contribution in [1.29, 1.82) is 0 Å². The molecule has 0 spiro atoms. The summed E-state index contributed by atoms with van der Waals surface area (Å²) in [4.78, 5) is 39.6. The second kappa shape index (κ2) is 8.46. The van der Waals surface area contributed by atoms with Gasteiger partial charge in [0.1, 0.15) is 5.82 Å². The minimum absolute atomic E-state index is 0.00889. The summed E-state index contributed by atoms with van der Waals surface area (Å²) in [5.41, 5.74) is 0.570. The number of hydrogen-bond donors (Lipinski definition) is 1. The molecule has 8 heteroatoms. The number of amides is 3. The fourth-order valence-corrected chi connectivity index (χ4v) is 6.99. The average molecular weight is 530 g/mol. The van der Waals surface area contributed by atoms with Crippen LogP contribution in [0.4, 0.5) is 10.1 Å². The number of alkyl halides is 2. The first-order valence-corrected chi connectivity index (χ1v) is 11.9. The van der Waals surface area contributed by atoms with E-state index in [0.29, 0.717) is 31.5 Å². The van der Waals surface area contributed by atoms with Crippen molar-refractivity contribution in [2.24, 2.45) is 23.7 Å². The molecule has 4 rings (SSSR count). The number of unbranched alkanes of at least 4 members (excludes halogenated alkanes) is 2. The zero-order chi connectivity index (χ0) is 20.7. The quantitative estimate of drug-likeness (QED) is 0.328. The Labute approximate surface area is 186 Å². The number of anilines is 1. The van der Waals surface area contributed by atoms with Crippen molar-refractivity contribution in [3.63, 3.8) is 0 Å². The molecule has 1 aromatic carbocycles. The molecule has 0 aromatic heterocycles. The second-order valence-corrected chi connectivity index (χ2v) is 10.3. The minimum atomic E-state index is -0.343. The fraction of sp³-hybridized carbons (Fsp3) is 0.571. The number of imide groups is 1. The van der Waals surface area contributed by atoms with E-state index in [9.17, 15) is 18.8 Å². The molecular weight excluding hydrogens is 507 g/mol. The van der Waals surface area contributed by atoms with Gasteiger partial charge in [0, 0.05) is 28.3 Å². The fourth-order valence-electron chi connectivity index (χ4n) is 5.12. The molecule has 29 heavy (non-hydrogen) atoms. The molecule has 1 heterocycles. The van der Waals surface area contributed by atoms with Gasteiger partial charge in [-0.2, -0.15) is 0 Å². The Morgan fingerprint density at radius 3 is 2.17 bits per heavy atom. The van der Waals surface area contributed by atoms with Gasteiger partial charge in [0.25, 0.3) is 0 Å². The second-order valence-electron chi connectivity index (χ2n) is 8.20. The topological polar surface area (TPSA) is 66.5 Å². The van der Waals surface area contributed by atoms with Crippen LogP contribution in [-0.4, -0.2) is 38.8 Å². The van der Waals surface area contributed by atoms with Crippen LogP contribution in [0.2, 0.25) is 0 Å². The van der Waals surface area contributed by atoms with Crippen molar-refractivity contribution in [2.45, 2.75) is 41.8 Å². The number of fused-ring (bicyclic) bond motifs is 5. The average Bonchev–Trinajstić information content (AvgIpc) is 3.29. The molecular formula is C21H23Br2FN2O3. The number of hydrogen-bond acceptors (Lipinski definition) is 3. The summed E-state index contributed by atoms with van der Waals surface area (Å²) in [6.07, 6.45) is 3.43. The summed E-state index contributed by atoms with van der Waals surface area (Å²) in [6, 6.07) is 5.65. The van der Waals surface area contributed by atoms with Gasteiger partial charge >= 0.3 is 0 Å². The van der Waals surface area contributed by atoms with Gasteiger partial charge in [-0.1, -0.05) is 38.3 Å². The third-order valence-corrected chi connectivity index (χ3v) is 9.70. The Morgan fingerprint density at radius 1 is 1.00 bits per heavy atom. The molecule has 1 aliphatic heterocycles. The van der Waals surface area contributed by atoms with E-state index in [2.05, 4.69) is 37.2 Å². The number of rotatable bonds is 7. The zero-order valence-corrected chi connectivity index (χ0v) is 19.0. The van der Waals surface area contributed by atoms with Crippen LogP contribution in [0.15, 0.2) is 24.3 Å². The minimum Gasteiger partial charge on any atom is -0.326 e. The maximum absolute atomic E-state index is 12.9. The van der Waals surface area contributed by atoms with Crippen LogP contribution in [-0.2, 0) is 14.4 Å². The number of likely N-dealkylation sites (tertiary alicyclic amines) is 1. The van der Waals surface area contributed by atoms with Crippen molar-refractivity contribution in [3.05, 3.63) is 30.1 Å². The Hall–Kier alpha value is -1.28. The highest BCUT2D eigenvalue weighted by Crippen LogP contribution is 2.60. The van der Waals surface area contributed by atoms with Crippen LogP contribution in [0.1, 0.15) is 32.1 Å². The molecule has 6 unspecified atom stereocenters. The lowest BCUT2D eigenvalue weighted by atomic mass is 9.81. The molecule has 2 aliphatic carbocycles. The number of carbonyl (C=O) groups excluding carboxylic acids is 3. The Kier molecular flexibility index (Phi) is 6.11. The van der Waals surface area contributed by atoms with Crippen LogP contribution in [0.25, 0.3) is 0 Å². The van der Waals surface area contributed by atoms with Crippen molar-refractivity contribution >= 4 is 55.3 Å². The van der Waals surface area contributed by atoms with E-state index in [4.69, 9.17) is 0 Å². The third kappa shape index (κ3) is 3.90. The SMILES string of the molecule is O=C(CCCCCN1C(=O)C2C3CC(C(Br)C3Br)C2C1=O)Nc1ccc(F)cc1. The Morgan fingerprint density at radius 2 is 1.59 bits per heavy atom. The molecule has 1 N–H and O–H groups in total. The summed E-state index contributed by atoms with van der Waals surface area (Å²) >= 11 is 7.39. The van der Waals surface area contributed by atoms with Gasteiger partial charge in [0.15, 0.2) is 0 Å². The first-order valence-electron chi connectivity index (χ1n) is 10.1. The van der Waals surface area contributed by atoms with Crippen molar-refractivity contribution in [1.82, 2.24) is 4.90 Å². The van der Waals surface area contributed by atoms with E-state index >= 15 is 0 Å². The molecule has 2 saturated carbocycles. The van der Waals surface area contributed by atoms with Gasteiger partial charge in [0.2, 0.25) is 17.7 Å². The van der Waals surface area contributed by atoms with Crippen molar-refractivity contribution < 1.29 is 18.8 Å². The molecule has 6 atom stereocenters. The van der Waals surface area contributed by atoms with Gasteiger partial charge in [-0.3, -0.25) is 19.3 Å². The lowest BCUT2D eigenvalue weighted by molar-refractivity contribution is -0.140. The molecule has 3 aliphatic rings. The lowest BCUT2D eigenvalue weighted by Gasteiger charge is -2.28. The molecule has 156 valence electrons. The summed E-state index contributed by atoms with van der Waals surface area (Å²) in [5.74, 6) is -0.320. The smallest absolute Gasteiger partial charge is 0.233 e. The summed E-state index contributed by atoms with van der Waals surface area (Å²) in [7, 11) is 0. The van der Waals surface area contributed by atoms with Crippen LogP contribution in [0.3, 0.4) is 0 Å². The summed E-state index contributed by atoms with van der Waals surface area (Å²) in [5, 5.41) is 2.73. The maximum atomic E-state index is 12.9. The van der Waals surface area contributed by atoms with E-state index in [1.807, 2.05) is 0 Å². The van der Waals surface area contributed by atoms with Gasteiger partial charge in [-0.25, -0.2) is 4.39 Å². The van der Waals surface area contributed by atoms with E-state index in [0.717, 1.165) is 12.8 Å². The van der Waals surface area contributed by atoms with Crippen LogP contribution in [0.5, 0.6) is 0 Å². The number of halogens is 3. The van der Waals surface area contributed by atoms with Gasteiger partial charge < -0.3 is 5.32 Å². The van der Waals surface area contributed by atoms with Crippen LogP contribution in [0, 0.1) is 29.5 Å². The zero-order valence-electron chi connectivity index (χ0n) is 15.8. The van der Waals surface area contributed by atoms with Gasteiger partial charge in [0.05, 0.1) is 11.8 Å². The lowest BCUT2D eigenvalue weighted by Crippen LogP contribution is -2.37. The summed E-state index contributed by atoms with van der Waals surface area (Å²) in [6.45, 7) is 0.434. The van der Waals surface area contributed by atoms with Crippen molar-refractivity contribution in [3.8, 4) is 0 Å². The third-order valence-electron chi connectivity index (χ3n) is 6.49. The highest BCUT2D eigenvalue weighted by molar-refractivity contribution is 9.12. The molecule has 3 fully saturated rings. The molecule has 1 saturated heterocycles. The molecule has 0 radical (unpaired) electrons. The molecule has 5 nitrogen and oxygen atoms in total. The number of carbonyl (C=O) groups is 3. The van der Waals surface area contributed by atoms with Crippen molar-refractivity contribution in [2.75, 3.05) is 11.9 Å². The molecule has 1 aromatic rings. The Balaban J connectivity index is 1.20. The predicted octanol–water partition coefficient (Wildman–Crippen LogP) is 4.10. The summed E-state index contributed by atoms with van der Waals surface area (Å²) < 4.78 is 12.9. The van der Waals surface area contributed by atoms with E-state index in [1.54, 1.807) is 0 Å². The van der Waals surface area contributed by atoms with Crippen LogP contribution >= 0.6 is 31.9 Å². The Bertz CT molecular complexity index is 787. The van der Waals surface area contributed by atoms with E-state index in [-0.39, 0.29) is 56.9 Å². The van der Waals surface area contributed by atoms with E-state index in [1.165, 1.54) is 29.2 Å². The maximum Gasteiger partial charge on any atom is 0.233 e. The number of nitrogens with one attached hydrogen (secondary N) is 1. The van der Waals surface area contributed by atoms with Crippen LogP contribution < -0.4 is 5.32 Å². The number of nitrogens with zero attached hydrogens (tertiary/aromatic N) is 1. The van der Waals surface area contributed by atoms with Gasteiger partial charge in [-0.05, 0) is 55.4 Å². The molecule has 3 amide bonds. The largest absolute Gasteiger partial charge is 0.326 e. The highest BCUT2D eigenvalue weighted by Gasteiger charge is 2.66. The standard InChI is InChI=1S/C21H23Br2FN2O3/c22-18-13-10-14(19(18)23)17-16(13)20(28)26(21(17)29)9-3-1-2-4-15(27)25-12-7-5-11(24)6-8-12/h5-8,13-14,16-19H,1-4,9-10H2,(H,25,27). The first kappa shape index (κ1) is 21.0.